The Morgan fingerprint density at radius 1 is 1.30 bits per heavy atom. The van der Waals surface area contributed by atoms with Gasteiger partial charge in [-0.1, -0.05) is 12.1 Å². The minimum atomic E-state index is -0.274. The summed E-state index contributed by atoms with van der Waals surface area (Å²) in [5, 5.41) is 2.69. The Morgan fingerprint density at radius 2 is 2.04 bits per heavy atom. The van der Waals surface area contributed by atoms with E-state index >= 15 is 0 Å². The van der Waals surface area contributed by atoms with Gasteiger partial charge in [0.1, 0.15) is 0 Å². The van der Waals surface area contributed by atoms with Crippen molar-refractivity contribution in [3.63, 3.8) is 0 Å². The number of rotatable bonds is 7. The predicted octanol–water partition coefficient (Wildman–Crippen LogP) is 0.756. The molecule has 0 aliphatic carbocycles. The zero-order valence-corrected chi connectivity index (χ0v) is 13.1. The number of benzene rings is 1. The summed E-state index contributed by atoms with van der Waals surface area (Å²) in [6.07, 6.45) is 2.96. The number of nitrogens with one attached hydrogen (secondary N) is 1. The first-order chi connectivity index (χ1) is 11.1. The summed E-state index contributed by atoms with van der Waals surface area (Å²) < 4.78 is 12.0. The van der Waals surface area contributed by atoms with Gasteiger partial charge in [0.15, 0.2) is 18.1 Å². The van der Waals surface area contributed by atoms with Gasteiger partial charge in [0.05, 0.1) is 13.4 Å². The number of carbonyl (C=O) groups excluding carboxylic acids is 1. The third-order valence-corrected chi connectivity index (χ3v) is 3.18. The molecule has 0 atom stereocenters. The fourth-order valence-electron chi connectivity index (χ4n) is 1.97. The Balaban J connectivity index is 1.79. The zero-order chi connectivity index (χ0) is 16.7. The maximum atomic E-state index is 11.8. The van der Waals surface area contributed by atoms with E-state index in [9.17, 15) is 9.59 Å². The highest BCUT2D eigenvalue weighted by Crippen LogP contribution is 2.25. The minimum absolute atomic E-state index is 0.112. The third kappa shape index (κ3) is 4.57. The highest BCUT2D eigenvalue weighted by atomic mass is 16.5. The Hall–Kier alpha value is -2.83. The lowest BCUT2D eigenvalue weighted by Gasteiger charge is -2.11. The molecule has 0 fully saturated rings. The lowest BCUT2D eigenvalue weighted by atomic mass is 10.3. The first-order valence-corrected chi connectivity index (χ1v) is 7.15. The molecule has 23 heavy (non-hydrogen) atoms. The van der Waals surface area contributed by atoms with Crippen LogP contribution in [0.2, 0.25) is 0 Å². The van der Waals surface area contributed by atoms with E-state index < -0.39 is 0 Å². The van der Waals surface area contributed by atoms with E-state index in [-0.39, 0.29) is 18.1 Å². The van der Waals surface area contributed by atoms with E-state index in [1.165, 1.54) is 24.2 Å². The molecular formula is C16H19N3O4. The second-order valence-electron chi connectivity index (χ2n) is 4.86. The van der Waals surface area contributed by atoms with Crippen LogP contribution in [0.3, 0.4) is 0 Å². The highest BCUT2D eigenvalue weighted by Gasteiger charge is 2.07. The zero-order valence-electron chi connectivity index (χ0n) is 13.1. The van der Waals surface area contributed by atoms with Gasteiger partial charge in [-0.2, -0.15) is 0 Å². The molecule has 1 N–H and O–H groups in total. The standard InChI is InChI=1S/C16H19N3O4/c1-12-9-17-11-19(16(12)21)8-7-18-15(20)10-23-14-6-4-3-5-13(14)22-2/h3-6,9,11H,7-8,10H2,1-2H3,(H,18,20). The van der Waals surface area contributed by atoms with Crippen LogP contribution < -0.4 is 20.3 Å². The third-order valence-electron chi connectivity index (χ3n) is 3.18. The fourth-order valence-corrected chi connectivity index (χ4v) is 1.97. The van der Waals surface area contributed by atoms with E-state index in [0.29, 0.717) is 30.2 Å². The molecule has 1 heterocycles. The average molecular weight is 317 g/mol. The SMILES string of the molecule is COc1ccccc1OCC(=O)NCCn1cncc(C)c1=O. The predicted molar refractivity (Wildman–Crippen MR) is 84.7 cm³/mol. The second kappa shape index (κ2) is 7.98. The van der Waals surface area contributed by atoms with Gasteiger partial charge in [-0.3, -0.25) is 14.2 Å². The topological polar surface area (TPSA) is 82.4 Å². The maximum Gasteiger partial charge on any atom is 0.258 e. The highest BCUT2D eigenvalue weighted by molar-refractivity contribution is 5.77. The van der Waals surface area contributed by atoms with Crippen molar-refractivity contribution in [1.29, 1.82) is 0 Å². The number of aryl methyl sites for hydroxylation is 1. The number of carbonyl (C=O) groups is 1. The molecule has 1 aromatic heterocycles. The summed E-state index contributed by atoms with van der Waals surface area (Å²) in [6.45, 7) is 2.25. The molecule has 122 valence electrons. The molecular weight excluding hydrogens is 298 g/mol. The van der Waals surface area contributed by atoms with Crippen LogP contribution in [-0.2, 0) is 11.3 Å². The number of para-hydroxylation sites is 2. The van der Waals surface area contributed by atoms with E-state index in [4.69, 9.17) is 9.47 Å². The van der Waals surface area contributed by atoms with Crippen LogP contribution in [0.15, 0.2) is 41.6 Å². The lowest BCUT2D eigenvalue weighted by molar-refractivity contribution is -0.123. The number of amides is 1. The number of nitrogens with zero attached hydrogens (tertiary/aromatic N) is 2. The van der Waals surface area contributed by atoms with Crippen molar-refractivity contribution in [1.82, 2.24) is 14.9 Å². The molecule has 0 aliphatic heterocycles. The first kappa shape index (κ1) is 16.5. The van der Waals surface area contributed by atoms with Gasteiger partial charge >= 0.3 is 0 Å². The van der Waals surface area contributed by atoms with Crippen LogP contribution in [0.5, 0.6) is 11.5 Å². The van der Waals surface area contributed by atoms with Crippen molar-refractivity contribution in [2.75, 3.05) is 20.3 Å². The number of methoxy groups -OCH3 is 1. The van der Waals surface area contributed by atoms with Gasteiger partial charge in [-0.15, -0.1) is 0 Å². The van der Waals surface area contributed by atoms with E-state index in [1.54, 1.807) is 25.1 Å². The first-order valence-electron chi connectivity index (χ1n) is 7.15. The molecule has 0 bridgehead atoms. The molecule has 2 rings (SSSR count). The summed E-state index contributed by atoms with van der Waals surface area (Å²) in [7, 11) is 1.54. The van der Waals surface area contributed by atoms with E-state index in [2.05, 4.69) is 10.3 Å². The van der Waals surface area contributed by atoms with Crippen molar-refractivity contribution in [3.8, 4) is 11.5 Å². The number of ether oxygens (including phenoxy) is 2. The van der Waals surface area contributed by atoms with Crippen LogP contribution in [0.1, 0.15) is 5.56 Å². The summed E-state index contributed by atoms with van der Waals surface area (Å²) in [6, 6.07) is 7.10. The fraction of sp³-hybridized carbons (Fsp3) is 0.312. The molecule has 0 saturated carbocycles. The van der Waals surface area contributed by atoms with Crippen LogP contribution >= 0.6 is 0 Å². The quantitative estimate of drug-likeness (QED) is 0.815. The van der Waals surface area contributed by atoms with E-state index in [0.717, 1.165) is 0 Å². The van der Waals surface area contributed by atoms with E-state index in [1.807, 2.05) is 6.07 Å². The molecule has 0 spiro atoms. The molecule has 0 aliphatic rings. The molecule has 2 aromatic rings. The summed E-state index contributed by atoms with van der Waals surface area (Å²) >= 11 is 0. The van der Waals surface area contributed by atoms with Crippen molar-refractivity contribution >= 4 is 5.91 Å². The normalized spacial score (nSPS) is 10.2. The Bertz CT molecular complexity index is 727. The van der Waals surface area contributed by atoms with Gasteiger partial charge in [0.25, 0.3) is 11.5 Å². The Morgan fingerprint density at radius 3 is 2.78 bits per heavy atom. The monoisotopic (exact) mass is 317 g/mol. The van der Waals surface area contributed by atoms with Crippen LogP contribution in [0, 0.1) is 6.92 Å². The Labute approximate surface area is 133 Å². The largest absolute Gasteiger partial charge is 0.493 e. The smallest absolute Gasteiger partial charge is 0.258 e. The molecule has 0 radical (unpaired) electrons. The summed E-state index contributed by atoms with van der Waals surface area (Å²) in [4.78, 5) is 27.5. The lowest BCUT2D eigenvalue weighted by Crippen LogP contribution is -2.34. The molecule has 7 heteroatoms. The van der Waals surface area contributed by atoms with Crippen LogP contribution in [0.25, 0.3) is 0 Å². The molecule has 0 saturated heterocycles. The molecule has 7 nitrogen and oxygen atoms in total. The Kier molecular flexibility index (Phi) is 5.74. The van der Waals surface area contributed by atoms with Gasteiger partial charge in [-0.05, 0) is 19.1 Å². The van der Waals surface area contributed by atoms with Gasteiger partial charge in [0.2, 0.25) is 0 Å². The molecule has 0 unspecified atom stereocenters. The van der Waals surface area contributed by atoms with Gasteiger partial charge in [0, 0.05) is 24.8 Å². The van der Waals surface area contributed by atoms with Gasteiger partial charge < -0.3 is 14.8 Å². The van der Waals surface area contributed by atoms with Crippen molar-refractivity contribution < 1.29 is 14.3 Å². The molecule has 1 amide bonds. The van der Waals surface area contributed by atoms with Crippen molar-refractivity contribution in [2.45, 2.75) is 13.5 Å². The van der Waals surface area contributed by atoms with Crippen molar-refractivity contribution in [3.05, 3.63) is 52.7 Å². The summed E-state index contributed by atoms with van der Waals surface area (Å²) in [5.41, 5.74) is 0.456. The van der Waals surface area contributed by atoms with Crippen LogP contribution in [0.4, 0.5) is 0 Å². The summed E-state index contributed by atoms with van der Waals surface area (Å²) in [5.74, 6) is 0.798. The number of hydrogen-bond donors (Lipinski definition) is 1. The average Bonchev–Trinajstić information content (AvgIpc) is 2.57. The van der Waals surface area contributed by atoms with Crippen molar-refractivity contribution in [2.24, 2.45) is 0 Å². The number of hydrogen-bond acceptors (Lipinski definition) is 5. The minimum Gasteiger partial charge on any atom is -0.493 e. The second-order valence-corrected chi connectivity index (χ2v) is 4.86. The number of aromatic nitrogens is 2. The van der Waals surface area contributed by atoms with Crippen LogP contribution in [-0.4, -0.2) is 35.7 Å². The maximum absolute atomic E-state index is 11.8. The van der Waals surface area contributed by atoms with Gasteiger partial charge in [-0.25, -0.2) is 4.98 Å². The molecule has 1 aromatic carbocycles.